The van der Waals surface area contributed by atoms with E-state index in [1.165, 1.54) is 11.0 Å². The van der Waals surface area contributed by atoms with Crippen LogP contribution >= 0.6 is 0 Å². The number of nitrogens with one attached hydrogen (secondary N) is 2. The topological polar surface area (TPSA) is 119 Å². The lowest BCUT2D eigenvalue weighted by Gasteiger charge is -2.45. The van der Waals surface area contributed by atoms with Gasteiger partial charge in [-0.1, -0.05) is 6.07 Å². The molecule has 0 bridgehead atoms. The van der Waals surface area contributed by atoms with E-state index < -0.39 is 47.8 Å². The van der Waals surface area contributed by atoms with Gasteiger partial charge in [-0.2, -0.15) is 13.2 Å². The molecule has 8 nitrogen and oxygen atoms in total. The fourth-order valence-electron chi connectivity index (χ4n) is 4.21. The molecule has 184 valence electrons. The predicted octanol–water partition coefficient (Wildman–Crippen LogP) is 2.86. The van der Waals surface area contributed by atoms with Gasteiger partial charge in [-0.25, -0.2) is 4.79 Å². The summed E-state index contributed by atoms with van der Waals surface area (Å²) in [6.07, 6.45) is -4.36. The van der Waals surface area contributed by atoms with Gasteiger partial charge in [-0.15, -0.1) is 0 Å². The second kappa shape index (κ2) is 10.4. The molecule has 1 saturated carbocycles. The van der Waals surface area contributed by atoms with Crippen molar-refractivity contribution < 1.29 is 37.8 Å². The third-order valence-electron chi connectivity index (χ3n) is 5.69. The zero-order valence-corrected chi connectivity index (χ0v) is 18.8. The van der Waals surface area contributed by atoms with Crippen LogP contribution in [0.3, 0.4) is 0 Å². The van der Waals surface area contributed by atoms with Gasteiger partial charge in [0.25, 0.3) is 5.91 Å². The normalized spacial score (nSPS) is 21.2. The van der Waals surface area contributed by atoms with Crippen LogP contribution in [0.4, 0.5) is 18.0 Å². The Morgan fingerprint density at radius 3 is 2.36 bits per heavy atom. The molecule has 0 aliphatic heterocycles. The molecule has 0 radical (unpaired) electrons. The highest BCUT2D eigenvalue weighted by atomic mass is 19.4. The van der Waals surface area contributed by atoms with Crippen LogP contribution < -0.4 is 10.6 Å². The Morgan fingerprint density at radius 2 is 1.82 bits per heavy atom. The minimum Gasteiger partial charge on any atom is -0.465 e. The van der Waals surface area contributed by atoms with Gasteiger partial charge in [0.15, 0.2) is 0 Å². The summed E-state index contributed by atoms with van der Waals surface area (Å²) in [5.41, 5.74) is -1.81. The van der Waals surface area contributed by atoms with E-state index in [4.69, 9.17) is 0 Å². The average Bonchev–Trinajstić information content (AvgIpc) is 2.71. The molecule has 33 heavy (non-hydrogen) atoms. The van der Waals surface area contributed by atoms with Crippen molar-refractivity contribution in [2.75, 3.05) is 13.2 Å². The van der Waals surface area contributed by atoms with Crippen LogP contribution in [0, 0.1) is 5.92 Å². The second-order valence-corrected chi connectivity index (χ2v) is 9.17. The van der Waals surface area contributed by atoms with Gasteiger partial charge in [-0.05, 0) is 58.2 Å². The summed E-state index contributed by atoms with van der Waals surface area (Å²) < 4.78 is 38.4. The van der Waals surface area contributed by atoms with Gasteiger partial charge in [0, 0.05) is 35.7 Å². The fraction of sp³-hybridized carbons (Fsp3) is 0.591. The van der Waals surface area contributed by atoms with E-state index in [0.29, 0.717) is 25.3 Å². The molecule has 1 aliphatic carbocycles. The number of aliphatic hydroxyl groups excluding tert-OH is 1. The van der Waals surface area contributed by atoms with E-state index >= 15 is 0 Å². The standard InChI is InChI=1S/C22H30F3N3O5/c1-21(2,3)28(20(32)33)16-7-8-17(14(10-16)12-29)27-18(30)11-26-19(31)13-5-4-6-15(9-13)22(23,24)25/h4-6,9,14,16-17,29H,7-8,10-12H2,1-3H3,(H,26,31)(H,27,30)(H,32,33)/t14-,16+,17-/m0/s1. The Bertz CT molecular complexity index is 870. The highest BCUT2D eigenvalue weighted by molar-refractivity contribution is 5.96. The largest absolute Gasteiger partial charge is 0.465 e. The number of carbonyl (C=O) groups is 3. The van der Waals surface area contributed by atoms with Crippen LogP contribution in [-0.2, 0) is 11.0 Å². The smallest absolute Gasteiger partial charge is 0.416 e. The van der Waals surface area contributed by atoms with Crippen LogP contribution in [0.2, 0.25) is 0 Å². The number of hydrogen-bond acceptors (Lipinski definition) is 4. The van der Waals surface area contributed by atoms with Gasteiger partial charge in [0.1, 0.15) is 0 Å². The summed E-state index contributed by atoms with van der Waals surface area (Å²) >= 11 is 0. The number of carboxylic acid groups (broad SMARTS) is 1. The van der Waals surface area contributed by atoms with Gasteiger partial charge < -0.3 is 25.7 Å². The Balaban J connectivity index is 1.94. The number of benzene rings is 1. The lowest BCUT2D eigenvalue weighted by molar-refractivity contribution is -0.137. The molecule has 0 spiro atoms. The maximum atomic E-state index is 12.8. The summed E-state index contributed by atoms with van der Waals surface area (Å²) in [7, 11) is 0. The van der Waals surface area contributed by atoms with Crippen molar-refractivity contribution in [3.8, 4) is 0 Å². The van der Waals surface area contributed by atoms with Crippen molar-refractivity contribution in [1.29, 1.82) is 0 Å². The lowest BCUT2D eigenvalue weighted by atomic mass is 9.80. The van der Waals surface area contributed by atoms with Crippen LogP contribution in [0.15, 0.2) is 24.3 Å². The van der Waals surface area contributed by atoms with Gasteiger partial charge in [-0.3, -0.25) is 9.59 Å². The minimum atomic E-state index is -4.59. The highest BCUT2D eigenvalue weighted by Crippen LogP contribution is 2.32. The predicted molar refractivity (Wildman–Crippen MR) is 114 cm³/mol. The highest BCUT2D eigenvalue weighted by Gasteiger charge is 2.39. The monoisotopic (exact) mass is 473 g/mol. The molecule has 1 fully saturated rings. The Kier molecular flexibility index (Phi) is 8.34. The van der Waals surface area contributed by atoms with Crippen molar-refractivity contribution in [3.05, 3.63) is 35.4 Å². The summed E-state index contributed by atoms with van der Waals surface area (Å²) in [6, 6.07) is 3.16. The lowest BCUT2D eigenvalue weighted by Crippen LogP contribution is -2.56. The third-order valence-corrected chi connectivity index (χ3v) is 5.69. The first kappa shape index (κ1) is 26.4. The van der Waals surface area contributed by atoms with Gasteiger partial charge >= 0.3 is 12.3 Å². The number of carbonyl (C=O) groups excluding carboxylic acids is 2. The van der Waals surface area contributed by atoms with Gasteiger partial charge in [0.05, 0.1) is 12.1 Å². The molecule has 0 unspecified atom stereocenters. The van der Waals surface area contributed by atoms with Crippen LogP contribution in [0.1, 0.15) is 56.0 Å². The van der Waals surface area contributed by atoms with E-state index in [2.05, 4.69) is 10.6 Å². The second-order valence-electron chi connectivity index (χ2n) is 9.17. The van der Waals surface area contributed by atoms with Crippen molar-refractivity contribution in [2.45, 2.75) is 63.8 Å². The molecule has 0 aromatic heterocycles. The van der Waals surface area contributed by atoms with Crippen molar-refractivity contribution in [1.82, 2.24) is 15.5 Å². The summed E-state index contributed by atoms with van der Waals surface area (Å²) in [5.74, 6) is -1.75. The SMILES string of the molecule is CC(C)(C)N(C(=O)O)[C@@H]1CC[C@H](NC(=O)CNC(=O)c2cccc(C(F)(F)F)c2)[C@H](CO)C1. The number of nitrogens with zero attached hydrogens (tertiary/aromatic N) is 1. The van der Waals surface area contributed by atoms with Crippen LogP contribution in [0.5, 0.6) is 0 Å². The fourth-order valence-corrected chi connectivity index (χ4v) is 4.21. The molecular weight excluding hydrogens is 443 g/mol. The number of rotatable bonds is 6. The summed E-state index contributed by atoms with van der Waals surface area (Å²) in [4.78, 5) is 37.6. The number of hydrogen-bond donors (Lipinski definition) is 4. The number of alkyl halides is 3. The third kappa shape index (κ3) is 7.08. The molecule has 0 saturated heterocycles. The zero-order chi connectivity index (χ0) is 25.0. The Morgan fingerprint density at radius 1 is 1.15 bits per heavy atom. The first-order chi connectivity index (χ1) is 15.2. The summed E-state index contributed by atoms with van der Waals surface area (Å²) in [5, 5.41) is 24.4. The molecule has 1 aromatic carbocycles. The van der Waals surface area contributed by atoms with E-state index in [0.717, 1.165) is 12.1 Å². The molecule has 2 rings (SSSR count). The van der Waals surface area contributed by atoms with E-state index in [1.54, 1.807) is 20.8 Å². The first-order valence-electron chi connectivity index (χ1n) is 10.6. The molecule has 11 heteroatoms. The van der Waals surface area contributed by atoms with Crippen LogP contribution in [0.25, 0.3) is 0 Å². The molecule has 1 aromatic rings. The van der Waals surface area contributed by atoms with Gasteiger partial charge in [0.2, 0.25) is 5.91 Å². The zero-order valence-electron chi connectivity index (χ0n) is 18.8. The van der Waals surface area contributed by atoms with E-state index in [1.807, 2.05) is 0 Å². The van der Waals surface area contributed by atoms with Crippen LogP contribution in [-0.4, -0.2) is 63.8 Å². The van der Waals surface area contributed by atoms with Crippen molar-refractivity contribution in [2.24, 2.45) is 5.92 Å². The quantitative estimate of drug-likeness (QED) is 0.507. The molecule has 4 N–H and O–H groups in total. The minimum absolute atomic E-state index is 0.220. The molecule has 3 atom stereocenters. The molecule has 0 heterocycles. The summed E-state index contributed by atoms with van der Waals surface area (Å²) in [6.45, 7) is 4.66. The average molecular weight is 473 g/mol. The van der Waals surface area contributed by atoms with E-state index in [9.17, 15) is 37.8 Å². The number of aliphatic hydroxyl groups is 1. The Hall–Kier alpha value is -2.82. The van der Waals surface area contributed by atoms with Crippen molar-refractivity contribution >= 4 is 17.9 Å². The van der Waals surface area contributed by atoms with E-state index in [-0.39, 0.29) is 24.1 Å². The Labute approximate surface area is 190 Å². The number of amides is 3. The maximum absolute atomic E-state index is 12.8. The molecule has 3 amide bonds. The number of halogens is 3. The molecule has 1 aliphatic rings. The van der Waals surface area contributed by atoms with Crippen molar-refractivity contribution in [3.63, 3.8) is 0 Å². The molecular formula is C22H30F3N3O5. The maximum Gasteiger partial charge on any atom is 0.416 e. The first-order valence-corrected chi connectivity index (χ1v) is 10.6.